The molecule has 2 aromatic rings. The molecule has 0 bridgehead atoms. The highest BCUT2D eigenvalue weighted by molar-refractivity contribution is 7.98. The number of thioether (sulfide) groups is 1. The van der Waals surface area contributed by atoms with Crippen LogP contribution in [-0.4, -0.2) is 15.7 Å². The van der Waals surface area contributed by atoms with Crippen LogP contribution >= 0.6 is 11.8 Å². The molecule has 1 fully saturated rings. The third-order valence-corrected chi connectivity index (χ3v) is 5.77. The summed E-state index contributed by atoms with van der Waals surface area (Å²) in [5.41, 5.74) is 4.54. The van der Waals surface area contributed by atoms with Crippen LogP contribution in [0.3, 0.4) is 0 Å². The van der Waals surface area contributed by atoms with Crippen LogP contribution in [-0.2, 0) is 16.3 Å². The lowest BCUT2D eigenvalue weighted by Gasteiger charge is -2.14. The maximum absolute atomic E-state index is 12.6. The molecule has 1 N–H and O–H groups in total. The van der Waals surface area contributed by atoms with Gasteiger partial charge in [-0.05, 0) is 31.9 Å². The zero-order valence-corrected chi connectivity index (χ0v) is 14.2. The molecule has 120 valence electrons. The zero-order chi connectivity index (χ0) is 15.8. The standard InChI is InChI=1S/C18H21N3OS/c1-12-6-8-14(9-7-12)21-17(15-10-23-11-16(15)20-21)19-18(22)13-4-2-3-5-13/h6-9,13H,2-5,10-11H2,1H3,(H,19,22). The molecule has 1 aromatic carbocycles. The number of carbonyl (C=O) groups is 1. The Bertz CT molecular complexity index is 729. The van der Waals surface area contributed by atoms with Gasteiger partial charge in [-0.2, -0.15) is 16.9 Å². The van der Waals surface area contributed by atoms with Crippen LogP contribution in [0.4, 0.5) is 5.82 Å². The maximum atomic E-state index is 12.6. The summed E-state index contributed by atoms with van der Waals surface area (Å²) in [6.07, 6.45) is 4.37. The molecule has 1 aliphatic carbocycles. The molecule has 0 atom stereocenters. The van der Waals surface area contributed by atoms with Crippen molar-refractivity contribution in [2.24, 2.45) is 5.92 Å². The summed E-state index contributed by atoms with van der Waals surface area (Å²) < 4.78 is 1.91. The van der Waals surface area contributed by atoms with E-state index in [0.29, 0.717) is 0 Å². The fraction of sp³-hybridized carbons (Fsp3) is 0.444. The van der Waals surface area contributed by atoms with Crippen molar-refractivity contribution in [2.75, 3.05) is 5.32 Å². The molecular weight excluding hydrogens is 306 g/mol. The lowest BCUT2D eigenvalue weighted by Crippen LogP contribution is -2.22. The SMILES string of the molecule is Cc1ccc(-n2nc3c(c2NC(=O)C2CCCC2)CSC3)cc1. The molecule has 1 aromatic heterocycles. The van der Waals surface area contributed by atoms with Gasteiger partial charge in [-0.1, -0.05) is 30.5 Å². The summed E-state index contributed by atoms with van der Waals surface area (Å²) in [6.45, 7) is 2.08. The molecule has 2 heterocycles. The minimum atomic E-state index is 0.162. The van der Waals surface area contributed by atoms with Gasteiger partial charge in [-0.3, -0.25) is 4.79 Å². The van der Waals surface area contributed by atoms with Gasteiger partial charge >= 0.3 is 0 Å². The minimum absolute atomic E-state index is 0.162. The molecule has 1 aliphatic heterocycles. The number of hydrogen-bond acceptors (Lipinski definition) is 3. The Balaban J connectivity index is 1.69. The van der Waals surface area contributed by atoms with Crippen LogP contribution in [0.25, 0.3) is 5.69 Å². The van der Waals surface area contributed by atoms with E-state index in [4.69, 9.17) is 5.10 Å². The van der Waals surface area contributed by atoms with Gasteiger partial charge in [0, 0.05) is 23.0 Å². The van der Waals surface area contributed by atoms with E-state index in [9.17, 15) is 4.79 Å². The first-order valence-electron chi connectivity index (χ1n) is 8.29. The van der Waals surface area contributed by atoms with Crippen molar-refractivity contribution in [3.05, 3.63) is 41.1 Å². The highest BCUT2D eigenvalue weighted by Crippen LogP contribution is 2.37. The number of benzene rings is 1. The molecule has 4 nitrogen and oxygen atoms in total. The number of fused-ring (bicyclic) bond motifs is 1. The van der Waals surface area contributed by atoms with Gasteiger partial charge in [0.05, 0.1) is 11.4 Å². The number of aryl methyl sites for hydroxylation is 1. The average molecular weight is 327 g/mol. The van der Waals surface area contributed by atoms with E-state index in [0.717, 1.165) is 41.5 Å². The molecular formula is C18H21N3OS. The number of aromatic nitrogens is 2. The largest absolute Gasteiger partial charge is 0.310 e. The predicted octanol–water partition coefficient (Wildman–Crippen LogP) is 4.06. The zero-order valence-electron chi connectivity index (χ0n) is 13.3. The van der Waals surface area contributed by atoms with Crippen LogP contribution in [0.1, 0.15) is 42.5 Å². The number of anilines is 1. The summed E-state index contributed by atoms with van der Waals surface area (Å²) in [6, 6.07) is 8.30. The number of amides is 1. The Morgan fingerprint density at radius 2 is 1.96 bits per heavy atom. The van der Waals surface area contributed by atoms with E-state index >= 15 is 0 Å². The second-order valence-electron chi connectivity index (χ2n) is 6.48. The lowest BCUT2D eigenvalue weighted by molar-refractivity contribution is -0.119. The van der Waals surface area contributed by atoms with Gasteiger partial charge in [0.25, 0.3) is 0 Å². The van der Waals surface area contributed by atoms with Crippen LogP contribution in [0, 0.1) is 12.8 Å². The Morgan fingerprint density at radius 3 is 2.70 bits per heavy atom. The molecule has 5 heteroatoms. The summed E-state index contributed by atoms with van der Waals surface area (Å²) in [5.74, 6) is 3.07. The lowest BCUT2D eigenvalue weighted by atomic mass is 10.1. The molecule has 2 aliphatic rings. The van der Waals surface area contributed by atoms with E-state index in [1.165, 1.54) is 24.0 Å². The summed E-state index contributed by atoms with van der Waals surface area (Å²) >= 11 is 1.86. The molecule has 0 radical (unpaired) electrons. The molecule has 0 spiro atoms. The average Bonchev–Trinajstić information content (AvgIpc) is 3.26. The quantitative estimate of drug-likeness (QED) is 0.925. The van der Waals surface area contributed by atoms with Crippen LogP contribution < -0.4 is 5.32 Å². The van der Waals surface area contributed by atoms with E-state index in [1.54, 1.807) is 0 Å². The van der Waals surface area contributed by atoms with Gasteiger partial charge in [-0.15, -0.1) is 0 Å². The van der Waals surface area contributed by atoms with Crippen LogP contribution in [0.2, 0.25) is 0 Å². The van der Waals surface area contributed by atoms with Crippen molar-refractivity contribution in [2.45, 2.75) is 44.1 Å². The number of carbonyl (C=O) groups excluding carboxylic acids is 1. The molecule has 0 saturated heterocycles. The monoisotopic (exact) mass is 327 g/mol. The first-order valence-corrected chi connectivity index (χ1v) is 9.44. The van der Waals surface area contributed by atoms with Crippen LogP contribution in [0.5, 0.6) is 0 Å². The van der Waals surface area contributed by atoms with E-state index in [-0.39, 0.29) is 11.8 Å². The highest BCUT2D eigenvalue weighted by atomic mass is 32.2. The Kier molecular flexibility index (Phi) is 3.89. The maximum Gasteiger partial charge on any atom is 0.228 e. The Labute approximate surface area is 140 Å². The smallest absolute Gasteiger partial charge is 0.228 e. The van der Waals surface area contributed by atoms with Crippen molar-refractivity contribution in [3.63, 3.8) is 0 Å². The van der Waals surface area contributed by atoms with Gasteiger partial charge in [-0.25, -0.2) is 4.68 Å². The highest BCUT2D eigenvalue weighted by Gasteiger charge is 2.28. The van der Waals surface area contributed by atoms with Crippen molar-refractivity contribution in [1.29, 1.82) is 0 Å². The van der Waals surface area contributed by atoms with Gasteiger partial charge < -0.3 is 5.32 Å². The number of nitrogens with one attached hydrogen (secondary N) is 1. The van der Waals surface area contributed by atoms with Crippen molar-refractivity contribution in [3.8, 4) is 5.69 Å². The molecule has 4 rings (SSSR count). The minimum Gasteiger partial charge on any atom is -0.310 e. The Morgan fingerprint density at radius 1 is 1.22 bits per heavy atom. The fourth-order valence-corrected chi connectivity index (χ4v) is 4.46. The predicted molar refractivity (Wildman–Crippen MR) is 93.9 cm³/mol. The molecule has 1 saturated carbocycles. The van der Waals surface area contributed by atoms with Gasteiger partial charge in [0.2, 0.25) is 5.91 Å². The number of hydrogen-bond donors (Lipinski definition) is 1. The molecule has 23 heavy (non-hydrogen) atoms. The van der Waals surface area contributed by atoms with E-state index < -0.39 is 0 Å². The van der Waals surface area contributed by atoms with Crippen molar-refractivity contribution >= 4 is 23.5 Å². The summed E-state index contributed by atoms with van der Waals surface area (Å²) in [7, 11) is 0. The molecule has 0 unspecified atom stereocenters. The van der Waals surface area contributed by atoms with Crippen LogP contribution in [0.15, 0.2) is 24.3 Å². The topological polar surface area (TPSA) is 46.9 Å². The molecule has 1 amide bonds. The summed E-state index contributed by atoms with van der Waals surface area (Å²) in [5, 5.41) is 7.95. The van der Waals surface area contributed by atoms with Gasteiger partial charge in [0.15, 0.2) is 0 Å². The van der Waals surface area contributed by atoms with Crippen molar-refractivity contribution < 1.29 is 4.79 Å². The van der Waals surface area contributed by atoms with E-state index in [1.807, 2.05) is 16.4 Å². The van der Waals surface area contributed by atoms with E-state index in [2.05, 4.69) is 36.5 Å². The third-order valence-electron chi connectivity index (χ3n) is 4.80. The fourth-order valence-electron chi connectivity index (χ4n) is 3.42. The summed E-state index contributed by atoms with van der Waals surface area (Å²) in [4.78, 5) is 12.6. The normalized spacial score (nSPS) is 17.4. The second kappa shape index (κ2) is 6.04. The first kappa shape index (κ1) is 14.8. The van der Waals surface area contributed by atoms with Gasteiger partial charge in [0.1, 0.15) is 5.82 Å². The number of rotatable bonds is 3. The number of nitrogens with zero attached hydrogens (tertiary/aromatic N) is 2. The second-order valence-corrected chi connectivity index (χ2v) is 7.47. The third kappa shape index (κ3) is 2.78. The van der Waals surface area contributed by atoms with Crippen molar-refractivity contribution in [1.82, 2.24) is 9.78 Å². The first-order chi connectivity index (χ1) is 11.2. The Hall–Kier alpha value is -1.75.